The van der Waals surface area contributed by atoms with E-state index in [0.29, 0.717) is 11.8 Å². The molecule has 0 aliphatic carbocycles. The fourth-order valence-electron chi connectivity index (χ4n) is 2.65. The summed E-state index contributed by atoms with van der Waals surface area (Å²) in [6, 6.07) is 1.86. The maximum Gasteiger partial charge on any atom is 0.303 e. The van der Waals surface area contributed by atoms with Gasteiger partial charge >= 0.3 is 5.97 Å². The van der Waals surface area contributed by atoms with Crippen LogP contribution in [0.3, 0.4) is 0 Å². The summed E-state index contributed by atoms with van der Waals surface area (Å²) in [5.41, 5.74) is 0. The Kier molecular flexibility index (Phi) is 5.36. The van der Waals surface area contributed by atoms with Crippen molar-refractivity contribution in [3.8, 4) is 5.88 Å². The first-order valence-electron chi connectivity index (χ1n) is 7.50. The summed E-state index contributed by atoms with van der Waals surface area (Å²) in [6.45, 7) is 5.72. The third-order valence-electron chi connectivity index (χ3n) is 3.59. The number of hydrogen-bond acceptors (Lipinski definition) is 5. The van der Waals surface area contributed by atoms with Crippen molar-refractivity contribution < 1.29 is 14.6 Å². The van der Waals surface area contributed by atoms with Gasteiger partial charge in [0.1, 0.15) is 12.1 Å². The van der Waals surface area contributed by atoms with E-state index in [2.05, 4.69) is 14.9 Å². The molecule has 2 rings (SSSR count). The first-order valence-corrected chi connectivity index (χ1v) is 7.50. The number of ether oxygens (including phenoxy) is 1. The van der Waals surface area contributed by atoms with Gasteiger partial charge in [0.15, 0.2) is 0 Å². The second kappa shape index (κ2) is 7.24. The number of carbonyl (C=O) groups is 1. The molecule has 1 aliphatic rings. The Bertz CT molecular complexity index is 479. The molecule has 0 spiro atoms. The molecule has 1 atom stereocenters. The van der Waals surface area contributed by atoms with Crippen LogP contribution in [0.2, 0.25) is 0 Å². The highest BCUT2D eigenvalue weighted by atomic mass is 16.5. The van der Waals surface area contributed by atoms with E-state index in [1.165, 1.54) is 6.33 Å². The quantitative estimate of drug-likeness (QED) is 0.867. The summed E-state index contributed by atoms with van der Waals surface area (Å²) in [5.74, 6) is 1.14. The smallest absolute Gasteiger partial charge is 0.303 e. The Hall–Kier alpha value is -1.85. The van der Waals surface area contributed by atoms with Crippen molar-refractivity contribution >= 4 is 11.8 Å². The van der Waals surface area contributed by atoms with Gasteiger partial charge in [0.2, 0.25) is 5.88 Å². The fourth-order valence-corrected chi connectivity index (χ4v) is 2.65. The lowest BCUT2D eigenvalue weighted by Gasteiger charge is -2.33. The second-order valence-electron chi connectivity index (χ2n) is 5.77. The molecule has 1 fully saturated rings. The molecule has 116 valence electrons. The van der Waals surface area contributed by atoms with Crippen LogP contribution < -0.4 is 9.64 Å². The van der Waals surface area contributed by atoms with Gasteiger partial charge in [-0.25, -0.2) is 9.97 Å². The Labute approximate surface area is 125 Å². The molecular weight excluding hydrogens is 270 g/mol. The molecule has 0 bridgehead atoms. The van der Waals surface area contributed by atoms with Crippen LogP contribution in [-0.2, 0) is 4.79 Å². The van der Waals surface area contributed by atoms with E-state index in [1.54, 1.807) is 0 Å². The molecule has 21 heavy (non-hydrogen) atoms. The largest absolute Gasteiger partial charge is 0.481 e. The Morgan fingerprint density at radius 3 is 3.05 bits per heavy atom. The van der Waals surface area contributed by atoms with Crippen molar-refractivity contribution in [2.24, 2.45) is 5.92 Å². The van der Waals surface area contributed by atoms with Gasteiger partial charge in [-0.1, -0.05) is 0 Å². The predicted molar refractivity (Wildman–Crippen MR) is 79.6 cm³/mol. The van der Waals surface area contributed by atoms with Gasteiger partial charge in [0, 0.05) is 25.6 Å². The molecule has 1 aliphatic heterocycles. The lowest BCUT2D eigenvalue weighted by atomic mass is 9.93. The lowest BCUT2D eigenvalue weighted by molar-refractivity contribution is -0.137. The van der Waals surface area contributed by atoms with Crippen LogP contribution in [0.25, 0.3) is 0 Å². The van der Waals surface area contributed by atoms with Crippen molar-refractivity contribution in [2.75, 3.05) is 18.0 Å². The van der Waals surface area contributed by atoms with Gasteiger partial charge in [-0.05, 0) is 39.0 Å². The molecule has 0 amide bonds. The van der Waals surface area contributed by atoms with E-state index in [-0.39, 0.29) is 12.5 Å². The van der Waals surface area contributed by atoms with Crippen molar-refractivity contribution in [3.63, 3.8) is 0 Å². The minimum Gasteiger partial charge on any atom is -0.481 e. The zero-order chi connectivity index (χ0) is 15.2. The molecular formula is C15H23N3O3. The van der Waals surface area contributed by atoms with Crippen LogP contribution in [0.5, 0.6) is 5.88 Å². The minimum absolute atomic E-state index is 0.0809. The lowest BCUT2D eigenvalue weighted by Crippen LogP contribution is -2.36. The summed E-state index contributed by atoms with van der Waals surface area (Å²) in [6.07, 6.45) is 4.72. The normalized spacial score (nSPS) is 18.8. The topological polar surface area (TPSA) is 75.5 Å². The number of carboxylic acid groups (broad SMARTS) is 1. The van der Waals surface area contributed by atoms with E-state index in [0.717, 1.165) is 38.2 Å². The molecule has 1 aromatic heterocycles. The number of nitrogens with zero attached hydrogens (tertiary/aromatic N) is 3. The van der Waals surface area contributed by atoms with Crippen LogP contribution in [0, 0.1) is 5.92 Å². The summed E-state index contributed by atoms with van der Waals surface area (Å²) >= 11 is 0. The Morgan fingerprint density at radius 2 is 2.33 bits per heavy atom. The molecule has 1 aromatic rings. The van der Waals surface area contributed by atoms with Crippen molar-refractivity contribution in [1.29, 1.82) is 0 Å². The van der Waals surface area contributed by atoms with Gasteiger partial charge in [0.05, 0.1) is 6.10 Å². The highest BCUT2D eigenvalue weighted by molar-refractivity contribution is 5.66. The molecule has 0 radical (unpaired) electrons. The predicted octanol–water partition coefficient (Wildman–Crippen LogP) is 2.35. The monoisotopic (exact) mass is 293 g/mol. The number of aliphatic carboxylic acids is 1. The molecule has 6 heteroatoms. The average molecular weight is 293 g/mol. The molecule has 0 saturated carbocycles. The average Bonchev–Trinajstić information content (AvgIpc) is 2.45. The molecule has 0 aromatic carbocycles. The van der Waals surface area contributed by atoms with Crippen LogP contribution in [-0.4, -0.2) is 40.2 Å². The van der Waals surface area contributed by atoms with E-state index < -0.39 is 5.97 Å². The second-order valence-corrected chi connectivity index (χ2v) is 5.77. The summed E-state index contributed by atoms with van der Waals surface area (Å²) in [5, 5.41) is 8.80. The fraction of sp³-hybridized carbons (Fsp3) is 0.667. The molecule has 1 N–H and O–H groups in total. The van der Waals surface area contributed by atoms with Crippen LogP contribution in [0.4, 0.5) is 5.82 Å². The van der Waals surface area contributed by atoms with Gasteiger partial charge in [-0.15, -0.1) is 0 Å². The van der Waals surface area contributed by atoms with Crippen molar-refractivity contribution in [2.45, 2.75) is 45.6 Å². The van der Waals surface area contributed by atoms with Crippen LogP contribution in [0.1, 0.15) is 39.5 Å². The number of carboxylic acids is 1. The van der Waals surface area contributed by atoms with Gasteiger partial charge in [-0.3, -0.25) is 4.79 Å². The summed E-state index contributed by atoms with van der Waals surface area (Å²) in [7, 11) is 0. The van der Waals surface area contributed by atoms with E-state index in [4.69, 9.17) is 9.84 Å². The zero-order valence-corrected chi connectivity index (χ0v) is 12.7. The van der Waals surface area contributed by atoms with Crippen LogP contribution >= 0.6 is 0 Å². The maximum absolute atomic E-state index is 10.7. The first-order chi connectivity index (χ1) is 10.0. The third kappa shape index (κ3) is 4.88. The molecule has 6 nitrogen and oxygen atoms in total. The molecule has 2 heterocycles. The summed E-state index contributed by atoms with van der Waals surface area (Å²) < 4.78 is 5.60. The number of aromatic nitrogens is 2. The standard InChI is InChI=1S/C15H23N3O3/c1-11(2)21-14-8-13(16-10-17-14)18-7-3-4-12(9-18)5-6-15(19)20/h8,10-12H,3-7,9H2,1-2H3,(H,19,20). The van der Waals surface area contributed by atoms with Crippen molar-refractivity contribution in [3.05, 3.63) is 12.4 Å². The van der Waals surface area contributed by atoms with Gasteiger partial charge < -0.3 is 14.7 Å². The molecule has 1 saturated heterocycles. The summed E-state index contributed by atoms with van der Waals surface area (Å²) in [4.78, 5) is 21.3. The zero-order valence-electron chi connectivity index (χ0n) is 12.7. The van der Waals surface area contributed by atoms with E-state index >= 15 is 0 Å². The van der Waals surface area contributed by atoms with Gasteiger partial charge in [-0.2, -0.15) is 0 Å². The minimum atomic E-state index is -0.721. The van der Waals surface area contributed by atoms with Gasteiger partial charge in [0.25, 0.3) is 0 Å². The van der Waals surface area contributed by atoms with Crippen LogP contribution in [0.15, 0.2) is 12.4 Å². The van der Waals surface area contributed by atoms with E-state index in [9.17, 15) is 4.79 Å². The highest BCUT2D eigenvalue weighted by Crippen LogP contribution is 2.26. The number of rotatable bonds is 6. The molecule has 1 unspecified atom stereocenters. The SMILES string of the molecule is CC(C)Oc1cc(N2CCCC(CCC(=O)O)C2)ncn1. The van der Waals surface area contributed by atoms with E-state index in [1.807, 2.05) is 19.9 Å². The number of hydrogen-bond donors (Lipinski definition) is 1. The highest BCUT2D eigenvalue weighted by Gasteiger charge is 2.22. The maximum atomic E-state index is 10.7. The third-order valence-corrected chi connectivity index (χ3v) is 3.59. The number of piperidine rings is 1. The number of anilines is 1. The first kappa shape index (κ1) is 15.5. The van der Waals surface area contributed by atoms with Crippen molar-refractivity contribution in [1.82, 2.24) is 9.97 Å². The Morgan fingerprint density at radius 1 is 1.52 bits per heavy atom. The Balaban J connectivity index is 1.98.